The first-order valence-corrected chi connectivity index (χ1v) is 4.96. The summed E-state index contributed by atoms with van der Waals surface area (Å²) in [6, 6.07) is 0.619. The first-order valence-electron chi connectivity index (χ1n) is 4.96. The van der Waals surface area contributed by atoms with Gasteiger partial charge in [0, 0.05) is 25.0 Å². The number of nitrogens with one attached hydrogen (secondary N) is 1. The van der Waals surface area contributed by atoms with Crippen molar-refractivity contribution >= 4 is 5.91 Å². The molecule has 0 heterocycles. The Morgan fingerprint density at radius 3 is 2.54 bits per heavy atom. The number of hydrogen-bond acceptors (Lipinski definition) is 3. The monoisotopic (exact) mass is 185 g/mol. The zero-order valence-electron chi connectivity index (χ0n) is 7.96. The first kappa shape index (κ1) is 10.5. The minimum atomic E-state index is -0.277. The van der Waals surface area contributed by atoms with Gasteiger partial charge >= 0.3 is 0 Å². The van der Waals surface area contributed by atoms with E-state index in [0.29, 0.717) is 19.0 Å². The van der Waals surface area contributed by atoms with E-state index in [9.17, 15) is 4.79 Å². The number of amides is 1. The zero-order valence-corrected chi connectivity index (χ0v) is 7.96. The van der Waals surface area contributed by atoms with E-state index in [1.54, 1.807) is 0 Å². The van der Waals surface area contributed by atoms with Crippen LogP contribution in [-0.2, 0) is 4.79 Å². The van der Waals surface area contributed by atoms with Crippen molar-refractivity contribution in [1.82, 2.24) is 5.32 Å². The fourth-order valence-corrected chi connectivity index (χ4v) is 1.88. The lowest BCUT2D eigenvalue weighted by Crippen LogP contribution is -2.43. The normalized spacial score (nSPS) is 20.4. The van der Waals surface area contributed by atoms with Crippen LogP contribution in [0.5, 0.6) is 0 Å². The predicted molar refractivity (Wildman–Crippen MR) is 52.0 cm³/mol. The summed E-state index contributed by atoms with van der Waals surface area (Å²) in [6.07, 6.45) is 5.33. The lowest BCUT2D eigenvalue weighted by Gasteiger charge is -2.20. The molecule has 1 aliphatic rings. The summed E-state index contributed by atoms with van der Waals surface area (Å²) in [4.78, 5) is 10.7. The summed E-state index contributed by atoms with van der Waals surface area (Å²) in [7, 11) is 0. The van der Waals surface area contributed by atoms with Crippen molar-refractivity contribution in [3.63, 3.8) is 0 Å². The second-order valence-corrected chi connectivity index (χ2v) is 3.75. The molecule has 1 atom stereocenters. The van der Waals surface area contributed by atoms with Crippen molar-refractivity contribution in [3.05, 3.63) is 0 Å². The maximum absolute atomic E-state index is 10.7. The van der Waals surface area contributed by atoms with Crippen molar-refractivity contribution in [3.8, 4) is 0 Å². The summed E-state index contributed by atoms with van der Waals surface area (Å²) >= 11 is 0. The molecule has 0 radical (unpaired) electrons. The van der Waals surface area contributed by atoms with Crippen LogP contribution in [-0.4, -0.2) is 24.5 Å². The molecule has 1 rings (SSSR count). The molecule has 0 saturated heterocycles. The second kappa shape index (κ2) is 5.19. The molecule has 1 amide bonds. The molecule has 1 aliphatic carbocycles. The van der Waals surface area contributed by atoms with Crippen molar-refractivity contribution in [2.24, 2.45) is 11.5 Å². The standard InChI is InChI=1S/C9H19N3O/c10-6-8(5-9(11)13)12-7-3-1-2-4-7/h7-8,12H,1-6,10H2,(H2,11,13). The van der Waals surface area contributed by atoms with Crippen molar-refractivity contribution in [2.75, 3.05) is 6.54 Å². The summed E-state index contributed by atoms with van der Waals surface area (Å²) in [5.74, 6) is -0.277. The van der Waals surface area contributed by atoms with Crippen LogP contribution in [0.25, 0.3) is 0 Å². The van der Waals surface area contributed by atoms with E-state index in [0.717, 1.165) is 0 Å². The summed E-state index contributed by atoms with van der Waals surface area (Å²) in [5, 5.41) is 3.37. The van der Waals surface area contributed by atoms with Gasteiger partial charge in [-0.05, 0) is 12.8 Å². The molecule has 76 valence electrons. The highest BCUT2D eigenvalue weighted by molar-refractivity contribution is 5.74. The molecule has 0 aromatic rings. The Kier molecular flexibility index (Phi) is 4.18. The summed E-state index contributed by atoms with van der Waals surface area (Å²) in [5.41, 5.74) is 10.6. The smallest absolute Gasteiger partial charge is 0.219 e. The molecule has 1 saturated carbocycles. The third kappa shape index (κ3) is 3.74. The molecule has 0 aromatic carbocycles. The van der Waals surface area contributed by atoms with Gasteiger partial charge in [-0.1, -0.05) is 12.8 Å². The van der Waals surface area contributed by atoms with Crippen LogP contribution in [0, 0.1) is 0 Å². The maximum atomic E-state index is 10.7. The van der Waals surface area contributed by atoms with Gasteiger partial charge in [0.05, 0.1) is 0 Å². The van der Waals surface area contributed by atoms with Crippen LogP contribution in [0.2, 0.25) is 0 Å². The van der Waals surface area contributed by atoms with E-state index < -0.39 is 0 Å². The SMILES string of the molecule is NCC(CC(N)=O)NC1CCCC1. The zero-order chi connectivity index (χ0) is 9.68. The molecular formula is C9H19N3O. The van der Waals surface area contributed by atoms with E-state index in [1.807, 2.05) is 0 Å². The Balaban J connectivity index is 2.25. The van der Waals surface area contributed by atoms with Gasteiger partial charge in [0.15, 0.2) is 0 Å². The highest BCUT2D eigenvalue weighted by Gasteiger charge is 2.19. The molecule has 5 N–H and O–H groups in total. The number of hydrogen-bond donors (Lipinski definition) is 3. The van der Waals surface area contributed by atoms with Crippen LogP contribution in [0.3, 0.4) is 0 Å². The third-order valence-corrected chi connectivity index (χ3v) is 2.56. The minimum Gasteiger partial charge on any atom is -0.370 e. The molecule has 0 aliphatic heterocycles. The van der Waals surface area contributed by atoms with E-state index in [-0.39, 0.29) is 11.9 Å². The van der Waals surface area contributed by atoms with Crippen molar-refractivity contribution < 1.29 is 4.79 Å². The van der Waals surface area contributed by atoms with E-state index in [1.165, 1.54) is 25.7 Å². The Morgan fingerprint density at radius 1 is 1.46 bits per heavy atom. The topological polar surface area (TPSA) is 81.1 Å². The van der Waals surface area contributed by atoms with Crippen LogP contribution in [0.1, 0.15) is 32.1 Å². The van der Waals surface area contributed by atoms with Gasteiger partial charge in [0.2, 0.25) is 5.91 Å². The lowest BCUT2D eigenvalue weighted by atomic mass is 10.1. The largest absolute Gasteiger partial charge is 0.370 e. The molecule has 13 heavy (non-hydrogen) atoms. The molecule has 0 aromatic heterocycles. The van der Waals surface area contributed by atoms with Crippen molar-refractivity contribution in [2.45, 2.75) is 44.2 Å². The first-order chi connectivity index (χ1) is 6.22. The van der Waals surface area contributed by atoms with Gasteiger partial charge < -0.3 is 16.8 Å². The molecular weight excluding hydrogens is 166 g/mol. The summed E-state index contributed by atoms with van der Waals surface area (Å²) < 4.78 is 0. The van der Waals surface area contributed by atoms with Gasteiger partial charge in [-0.15, -0.1) is 0 Å². The van der Waals surface area contributed by atoms with Gasteiger partial charge in [0.25, 0.3) is 0 Å². The van der Waals surface area contributed by atoms with Crippen LogP contribution in [0.4, 0.5) is 0 Å². The van der Waals surface area contributed by atoms with Gasteiger partial charge in [-0.3, -0.25) is 4.79 Å². The van der Waals surface area contributed by atoms with E-state index in [4.69, 9.17) is 11.5 Å². The van der Waals surface area contributed by atoms with Crippen LogP contribution < -0.4 is 16.8 Å². The fourth-order valence-electron chi connectivity index (χ4n) is 1.88. The minimum absolute atomic E-state index is 0.0700. The summed E-state index contributed by atoms with van der Waals surface area (Å²) in [6.45, 7) is 0.486. The van der Waals surface area contributed by atoms with Gasteiger partial charge in [-0.2, -0.15) is 0 Å². The number of rotatable bonds is 5. The van der Waals surface area contributed by atoms with Crippen molar-refractivity contribution in [1.29, 1.82) is 0 Å². The van der Waals surface area contributed by atoms with Gasteiger partial charge in [-0.25, -0.2) is 0 Å². The second-order valence-electron chi connectivity index (χ2n) is 3.75. The number of nitrogens with two attached hydrogens (primary N) is 2. The van der Waals surface area contributed by atoms with E-state index in [2.05, 4.69) is 5.32 Å². The number of carbonyl (C=O) groups is 1. The van der Waals surface area contributed by atoms with E-state index >= 15 is 0 Å². The van der Waals surface area contributed by atoms with Gasteiger partial charge in [0.1, 0.15) is 0 Å². The number of carbonyl (C=O) groups excluding carboxylic acids is 1. The Hall–Kier alpha value is -0.610. The van der Waals surface area contributed by atoms with Crippen LogP contribution >= 0.6 is 0 Å². The van der Waals surface area contributed by atoms with Crippen LogP contribution in [0.15, 0.2) is 0 Å². The molecule has 1 unspecified atom stereocenters. The number of primary amides is 1. The highest BCUT2D eigenvalue weighted by atomic mass is 16.1. The quantitative estimate of drug-likeness (QED) is 0.551. The lowest BCUT2D eigenvalue weighted by molar-refractivity contribution is -0.118. The average molecular weight is 185 g/mol. The molecule has 0 spiro atoms. The highest BCUT2D eigenvalue weighted by Crippen LogP contribution is 2.18. The maximum Gasteiger partial charge on any atom is 0.219 e. The Labute approximate surface area is 79.0 Å². The molecule has 1 fully saturated rings. The fraction of sp³-hybridized carbons (Fsp3) is 0.889. The Morgan fingerprint density at radius 2 is 2.08 bits per heavy atom. The Bertz CT molecular complexity index is 166. The predicted octanol–water partition coefficient (Wildman–Crippen LogP) is -0.279. The molecule has 0 bridgehead atoms. The molecule has 4 nitrogen and oxygen atoms in total. The molecule has 4 heteroatoms. The average Bonchev–Trinajstić information content (AvgIpc) is 2.55. The third-order valence-electron chi connectivity index (χ3n) is 2.56.